The van der Waals surface area contributed by atoms with Gasteiger partial charge in [0.2, 0.25) is 0 Å². The van der Waals surface area contributed by atoms with E-state index in [1.807, 2.05) is 0 Å². The van der Waals surface area contributed by atoms with Crippen molar-refractivity contribution in [3.8, 4) is 0 Å². The Bertz CT molecular complexity index is 864. The van der Waals surface area contributed by atoms with Crippen LogP contribution in [0.25, 0.3) is 0 Å². The molecule has 3 amide bonds. The number of carbonyl (C=O) groups excluding carboxylic acids is 2. The van der Waals surface area contributed by atoms with Crippen molar-refractivity contribution < 1.29 is 31.7 Å². The molecule has 3 aliphatic rings. The fourth-order valence-corrected chi connectivity index (χ4v) is 4.29. The van der Waals surface area contributed by atoms with Gasteiger partial charge in [-0.15, -0.1) is 4.28 Å². The lowest BCUT2D eigenvalue weighted by Gasteiger charge is -2.29. The second kappa shape index (κ2) is 7.83. The normalized spacial score (nSPS) is 29.5. The van der Waals surface area contributed by atoms with Crippen LogP contribution >= 0.6 is 0 Å². The van der Waals surface area contributed by atoms with Crippen molar-refractivity contribution in [3.05, 3.63) is 12.4 Å². The van der Waals surface area contributed by atoms with Gasteiger partial charge >= 0.3 is 16.4 Å². The number of urea groups is 1. The molecule has 1 aromatic heterocycles. The molecule has 0 unspecified atom stereocenters. The minimum absolute atomic E-state index is 0.00843. The van der Waals surface area contributed by atoms with E-state index in [1.54, 1.807) is 17.2 Å². The zero-order valence-electron chi connectivity index (χ0n) is 15.2. The number of piperidine rings is 1. The predicted octanol–water partition coefficient (Wildman–Crippen LogP) is -1.77. The molecule has 3 fully saturated rings. The first-order valence-corrected chi connectivity index (χ1v) is 10.5. The van der Waals surface area contributed by atoms with Crippen LogP contribution in [0, 0.1) is 0 Å². The SMILES string of the molecule is O=C(NOC[C@H]1C[C@@H](n2nccn2)CN1)[C@@H]1CC[C@@H]2CN1C(=O)N2OS(=O)(=O)O. The van der Waals surface area contributed by atoms with Crippen molar-refractivity contribution in [1.29, 1.82) is 0 Å². The molecular weight excluding hydrogens is 410 g/mol. The molecular formula is C14H21N7O7S. The Kier molecular flexibility index (Phi) is 5.39. The van der Waals surface area contributed by atoms with Crippen LogP contribution in [-0.2, 0) is 24.3 Å². The van der Waals surface area contributed by atoms with Gasteiger partial charge in [-0.1, -0.05) is 0 Å². The number of nitrogens with one attached hydrogen (secondary N) is 2. The van der Waals surface area contributed by atoms with E-state index in [0.29, 0.717) is 24.4 Å². The number of aromatic nitrogens is 3. The summed E-state index contributed by atoms with van der Waals surface area (Å²) in [4.78, 5) is 32.9. The van der Waals surface area contributed by atoms with Crippen LogP contribution in [0.4, 0.5) is 4.79 Å². The van der Waals surface area contributed by atoms with Gasteiger partial charge in [-0.2, -0.15) is 28.5 Å². The number of carbonyl (C=O) groups is 2. The highest BCUT2D eigenvalue weighted by molar-refractivity contribution is 7.80. The molecule has 0 spiro atoms. The number of hydrogen-bond donors (Lipinski definition) is 3. The molecule has 4 atom stereocenters. The standard InChI is InChI=1S/C14H21N7O7S/c22-13(18-27-8-9-5-11(6-15-9)21-16-3-4-17-21)12-2-1-10-7-19(12)14(23)20(10)28-29(24,25)26/h3-4,9-12,15H,1-2,5-8H2,(H,18,22)(H,24,25,26)/t9-,10-,11-,12+/m1/s1. The molecule has 0 aliphatic carbocycles. The fourth-order valence-electron chi connectivity index (χ4n) is 3.90. The Labute approximate surface area is 166 Å². The minimum atomic E-state index is -4.83. The molecule has 29 heavy (non-hydrogen) atoms. The smallest absolute Gasteiger partial charge is 0.309 e. The largest absolute Gasteiger partial charge is 0.418 e. The Morgan fingerprint density at radius 3 is 2.79 bits per heavy atom. The van der Waals surface area contributed by atoms with Crippen LogP contribution in [0.15, 0.2) is 12.4 Å². The Balaban J connectivity index is 1.25. The lowest BCUT2D eigenvalue weighted by atomic mass is 10.0. The molecule has 3 aliphatic heterocycles. The van der Waals surface area contributed by atoms with Crippen molar-refractivity contribution in [2.24, 2.45) is 0 Å². The number of fused-ring (bicyclic) bond motifs is 2. The van der Waals surface area contributed by atoms with Gasteiger partial charge in [0.1, 0.15) is 6.04 Å². The van der Waals surface area contributed by atoms with Crippen LogP contribution in [0.2, 0.25) is 0 Å². The second-order valence-corrected chi connectivity index (χ2v) is 8.14. The highest BCUT2D eigenvalue weighted by Gasteiger charge is 2.49. The predicted molar refractivity (Wildman–Crippen MR) is 92.9 cm³/mol. The zero-order valence-corrected chi connectivity index (χ0v) is 16.1. The molecule has 4 heterocycles. The van der Waals surface area contributed by atoms with Crippen molar-refractivity contribution in [3.63, 3.8) is 0 Å². The third kappa shape index (κ3) is 4.32. The molecule has 14 nitrogen and oxygen atoms in total. The maximum absolute atomic E-state index is 12.4. The van der Waals surface area contributed by atoms with Gasteiger partial charge in [0, 0.05) is 19.1 Å². The maximum Gasteiger partial charge on any atom is 0.418 e. The fraction of sp³-hybridized carbons (Fsp3) is 0.714. The van der Waals surface area contributed by atoms with E-state index < -0.39 is 34.4 Å². The maximum atomic E-state index is 12.4. The van der Waals surface area contributed by atoms with Crippen LogP contribution in [0.1, 0.15) is 25.3 Å². The summed E-state index contributed by atoms with van der Waals surface area (Å²) in [5, 5.41) is 12.1. The van der Waals surface area contributed by atoms with Crippen LogP contribution in [0.3, 0.4) is 0 Å². The quantitative estimate of drug-likeness (QED) is 0.332. The highest BCUT2D eigenvalue weighted by atomic mass is 32.3. The number of hydroxylamine groups is 3. The van der Waals surface area contributed by atoms with E-state index in [9.17, 15) is 18.0 Å². The molecule has 3 N–H and O–H groups in total. The first-order valence-electron chi connectivity index (χ1n) is 9.09. The van der Waals surface area contributed by atoms with Crippen molar-refractivity contribution in [2.45, 2.75) is 43.4 Å². The lowest BCUT2D eigenvalue weighted by Crippen LogP contribution is -2.50. The molecule has 3 saturated heterocycles. The Morgan fingerprint density at radius 1 is 1.31 bits per heavy atom. The topological polar surface area (TPSA) is 168 Å². The highest BCUT2D eigenvalue weighted by Crippen LogP contribution is 2.30. The third-order valence-electron chi connectivity index (χ3n) is 5.22. The summed E-state index contributed by atoms with van der Waals surface area (Å²) in [6.07, 6.45) is 4.62. The summed E-state index contributed by atoms with van der Waals surface area (Å²) in [5.74, 6) is -0.506. The zero-order chi connectivity index (χ0) is 20.6. The van der Waals surface area contributed by atoms with Gasteiger partial charge < -0.3 is 10.2 Å². The summed E-state index contributed by atoms with van der Waals surface area (Å²) >= 11 is 0. The molecule has 160 valence electrons. The Morgan fingerprint density at radius 2 is 2.07 bits per heavy atom. The van der Waals surface area contributed by atoms with Gasteiger partial charge in [0.25, 0.3) is 5.91 Å². The average Bonchev–Trinajstić information content (AvgIpc) is 3.39. The van der Waals surface area contributed by atoms with Crippen molar-refractivity contribution in [1.82, 2.24) is 35.8 Å². The Hall–Kier alpha value is -2.33. The van der Waals surface area contributed by atoms with E-state index in [0.717, 1.165) is 6.42 Å². The van der Waals surface area contributed by atoms with E-state index in [2.05, 4.69) is 25.3 Å². The molecule has 4 rings (SSSR count). The molecule has 2 bridgehead atoms. The summed E-state index contributed by atoms with van der Waals surface area (Å²) < 4.78 is 35.0. The lowest BCUT2D eigenvalue weighted by molar-refractivity contribution is -0.139. The van der Waals surface area contributed by atoms with E-state index >= 15 is 0 Å². The number of nitrogens with zero attached hydrogens (tertiary/aromatic N) is 5. The average molecular weight is 431 g/mol. The molecule has 0 saturated carbocycles. The summed E-state index contributed by atoms with van der Waals surface area (Å²) in [5.41, 5.74) is 2.36. The van der Waals surface area contributed by atoms with Crippen LogP contribution in [0.5, 0.6) is 0 Å². The second-order valence-electron chi connectivity index (χ2n) is 7.13. The van der Waals surface area contributed by atoms with E-state index in [4.69, 9.17) is 9.39 Å². The van der Waals surface area contributed by atoms with Gasteiger partial charge in [-0.25, -0.2) is 10.3 Å². The first-order chi connectivity index (χ1) is 13.8. The van der Waals surface area contributed by atoms with Gasteiger partial charge in [0.05, 0.1) is 31.1 Å². The van der Waals surface area contributed by atoms with Gasteiger partial charge in [-0.3, -0.25) is 14.2 Å². The van der Waals surface area contributed by atoms with Crippen molar-refractivity contribution in [2.75, 3.05) is 19.7 Å². The van der Waals surface area contributed by atoms with Crippen molar-refractivity contribution >= 4 is 22.3 Å². The molecule has 0 aromatic carbocycles. The summed E-state index contributed by atoms with van der Waals surface area (Å²) in [7, 11) is -4.83. The van der Waals surface area contributed by atoms with Crippen LogP contribution in [-0.4, -0.2) is 87.7 Å². The number of amides is 3. The minimum Gasteiger partial charge on any atom is -0.309 e. The van der Waals surface area contributed by atoms with Crippen LogP contribution < -0.4 is 10.8 Å². The summed E-state index contributed by atoms with van der Waals surface area (Å²) in [6, 6.07) is -2.04. The van der Waals surface area contributed by atoms with E-state index in [-0.39, 0.29) is 25.2 Å². The molecule has 0 radical (unpaired) electrons. The molecule has 15 heteroatoms. The number of rotatable bonds is 7. The molecule has 1 aromatic rings. The van der Waals surface area contributed by atoms with Gasteiger partial charge in [-0.05, 0) is 19.3 Å². The number of hydrogen-bond acceptors (Lipinski definition) is 9. The van der Waals surface area contributed by atoms with E-state index in [1.165, 1.54) is 4.90 Å². The monoisotopic (exact) mass is 431 g/mol. The first kappa shape index (κ1) is 20.0. The third-order valence-corrected chi connectivity index (χ3v) is 5.57. The summed E-state index contributed by atoms with van der Waals surface area (Å²) in [6.45, 7) is 1.03. The van der Waals surface area contributed by atoms with Gasteiger partial charge in [0.15, 0.2) is 0 Å².